The van der Waals surface area contributed by atoms with Gasteiger partial charge in [-0.3, -0.25) is 18.9 Å². The topological polar surface area (TPSA) is 248 Å². The molecule has 1 aromatic heterocycles. The number of carboxylic acid groups (broad SMARTS) is 1. The van der Waals surface area contributed by atoms with E-state index in [1.807, 2.05) is 0 Å². The SMILES string of the molecule is Nc1nc(C(=NOC2(C(=O)O)CC2)C(=O)N[C@@H]2C(=O)N(S(=O)(=O)O)[C@H]2CN2C(=O)COC2=O)cs1. The number of rotatable bonds is 9. The number of β-lactam (4-membered cyclic amide) rings is 1. The number of amides is 4. The summed E-state index contributed by atoms with van der Waals surface area (Å²) in [7, 11) is -5.11. The lowest BCUT2D eigenvalue weighted by Crippen LogP contribution is -2.74. The summed E-state index contributed by atoms with van der Waals surface area (Å²) in [6.07, 6.45) is -0.842. The molecule has 2 atom stereocenters. The van der Waals surface area contributed by atoms with Crippen molar-refractivity contribution in [2.45, 2.75) is 30.5 Å². The number of ether oxygens (including phenoxy) is 1. The van der Waals surface area contributed by atoms with Gasteiger partial charge in [0.15, 0.2) is 17.5 Å². The van der Waals surface area contributed by atoms with Crippen molar-refractivity contribution in [3.05, 3.63) is 11.1 Å². The van der Waals surface area contributed by atoms with Gasteiger partial charge < -0.3 is 25.7 Å². The van der Waals surface area contributed by atoms with Gasteiger partial charge in [0, 0.05) is 18.2 Å². The van der Waals surface area contributed by atoms with Gasteiger partial charge in [-0.1, -0.05) is 5.16 Å². The van der Waals surface area contributed by atoms with Crippen LogP contribution in [0.4, 0.5) is 9.93 Å². The molecule has 0 unspecified atom stereocenters. The second-order valence-electron chi connectivity index (χ2n) is 7.59. The van der Waals surface area contributed by atoms with Crippen LogP contribution in [0.2, 0.25) is 0 Å². The van der Waals surface area contributed by atoms with Crippen LogP contribution in [-0.4, -0.2) is 98.6 Å². The van der Waals surface area contributed by atoms with Crippen LogP contribution in [0.15, 0.2) is 10.5 Å². The number of nitrogen functional groups attached to an aromatic ring is 1. The normalized spacial score (nSPS) is 23.6. The molecule has 2 aliphatic heterocycles. The fourth-order valence-electron chi connectivity index (χ4n) is 3.29. The molecule has 3 heterocycles. The number of cyclic esters (lactones) is 1. The van der Waals surface area contributed by atoms with E-state index in [-0.39, 0.29) is 28.0 Å². The summed E-state index contributed by atoms with van der Waals surface area (Å²) >= 11 is 0.922. The molecule has 4 amide bonds. The number of nitrogens with two attached hydrogens (primary N) is 1. The average molecular weight is 532 g/mol. The Balaban J connectivity index is 1.59. The molecule has 3 fully saturated rings. The van der Waals surface area contributed by atoms with Gasteiger partial charge in [-0.05, 0) is 0 Å². The summed E-state index contributed by atoms with van der Waals surface area (Å²) in [6.45, 7) is -1.32. The molecule has 5 N–H and O–H groups in total. The Bertz CT molecular complexity index is 1250. The molecule has 35 heavy (non-hydrogen) atoms. The minimum absolute atomic E-state index is 0.00537. The van der Waals surface area contributed by atoms with Gasteiger partial charge in [-0.25, -0.2) is 23.8 Å². The number of aliphatic carboxylic acids is 1. The van der Waals surface area contributed by atoms with Crippen molar-refractivity contribution in [1.82, 2.24) is 19.5 Å². The Kier molecular flexibility index (Phi) is 5.85. The van der Waals surface area contributed by atoms with Crippen LogP contribution < -0.4 is 11.1 Å². The highest BCUT2D eigenvalue weighted by Crippen LogP contribution is 2.40. The molecule has 1 saturated carbocycles. The van der Waals surface area contributed by atoms with Crippen LogP contribution in [0.1, 0.15) is 18.5 Å². The number of hydrogen-bond acceptors (Lipinski definition) is 13. The monoisotopic (exact) mass is 532 g/mol. The van der Waals surface area contributed by atoms with Gasteiger partial charge in [0.05, 0.1) is 12.6 Å². The first kappa shape index (κ1) is 24.3. The van der Waals surface area contributed by atoms with Crippen molar-refractivity contribution < 1.29 is 51.6 Å². The Morgan fingerprint density at radius 1 is 1.37 bits per heavy atom. The van der Waals surface area contributed by atoms with Crippen LogP contribution in [-0.2, 0) is 39.1 Å². The maximum absolute atomic E-state index is 13.0. The van der Waals surface area contributed by atoms with Crippen LogP contribution in [0.5, 0.6) is 0 Å². The lowest BCUT2D eigenvalue weighted by Gasteiger charge is -2.44. The van der Waals surface area contributed by atoms with E-state index in [0.29, 0.717) is 4.90 Å². The number of imide groups is 1. The molecule has 1 aromatic rings. The number of nitrogens with one attached hydrogen (secondary N) is 1. The second-order valence-corrected chi connectivity index (χ2v) is 9.77. The number of oxime groups is 1. The van der Waals surface area contributed by atoms with E-state index in [2.05, 4.69) is 20.2 Å². The lowest BCUT2D eigenvalue weighted by molar-refractivity contribution is -0.153. The van der Waals surface area contributed by atoms with Crippen molar-refractivity contribution in [3.63, 3.8) is 0 Å². The molecule has 188 valence electrons. The van der Waals surface area contributed by atoms with E-state index < -0.39 is 76.6 Å². The van der Waals surface area contributed by atoms with Crippen molar-refractivity contribution in [3.8, 4) is 0 Å². The van der Waals surface area contributed by atoms with E-state index in [9.17, 15) is 42.0 Å². The van der Waals surface area contributed by atoms with Crippen molar-refractivity contribution in [1.29, 1.82) is 0 Å². The zero-order valence-electron chi connectivity index (χ0n) is 17.3. The number of carbonyl (C=O) groups excluding carboxylic acids is 4. The number of nitrogens with zero attached hydrogens (tertiary/aromatic N) is 4. The molecule has 3 aliphatic rings. The molecule has 0 spiro atoms. The van der Waals surface area contributed by atoms with Crippen LogP contribution in [0.3, 0.4) is 0 Å². The number of carbonyl (C=O) groups is 5. The van der Waals surface area contributed by atoms with E-state index in [1.165, 1.54) is 5.38 Å². The molecule has 19 heteroatoms. The van der Waals surface area contributed by atoms with Gasteiger partial charge in [-0.15, -0.1) is 11.3 Å². The van der Waals surface area contributed by atoms with Crippen LogP contribution in [0.25, 0.3) is 0 Å². The highest BCUT2D eigenvalue weighted by molar-refractivity contribution is 7.84. The van der Waals surface area contributed by atoms with E-state index in [0.717, 1.165) is 11.3 Å². The Labute approximate surface area is 199 Å². The summed E-state index contributed by atoms with van der Waals surface area (Å²) in [4.78, 5) is 69.8. The molecular weight excluding hydrogens is 516 g/mol. The number of aromatic nitrogens is 1. The minimum atomic E-state index is -5.11. The predicted octanol–water partition coefficient (Wildman–Crippen LogP) is -2.46. The summed E-state index contributed by atoms with van der Waals surface area (Å²) in [6, 6.07) is -3.21. The molecule has 0 aromatic carbocycles. The highest BCUT2D eigenvalue weighted by Gasteiger charge is 2.57. The van der Waals surface area contributed by atoms with Gasteiger partial charge in [0.25, 0.3) is 17.7 Å². The highest BCUT2D eigenvalue weighted by atomic mass is 32.2. The fourth-order valence-corrected chi connectivity index (χ4v) is 4.71. The number of carboxylic acids is 1. The van der Waals surface area contributed by atoms with Gasteiger partial charge in [0.1, 0.15) is 11.7 Å². The van der Waals surface area contributed by atoms with Crippen molar-refractivity contribution in [2.24, 2.45) is 5.16 Å². The van der Waals surface area contributed by atoms with Gasteiger partial charge >= 0.3 is 22.4 Å². The van der Waals surface area contributed by atoms with E-state index in [1.54, 1.807) is 0 Å². The Morgan fingerprint density at radius 2 is 2.06 bits per heavy atom. The summed E-state index contributed by atoms with van der Waals surface area (Å²) in [5.74, 6) is -4.54. The van der Waals surface area contributed by atoms with Crippen LogP contribution >= 0.6 is 11.3 Å². The first-order valence-electron chi connectivity index (χ1n) is 9.64. The molecule has 17 nitrogen and oxygen atoms in total. The third-order valence-electron chi connectivity index (χ3n) is 5.30. The zero-order valence-corrected chi connectivity index (χ0v) is 18.9. The zero-order chi connectivity index (χ0) is 25.7. The molecule has 1 aliphatic carbocycles. The van der Waals surface area contributed by atoms with Gasteiger partial charge in [-0.2, -0.15) is 8.42 Å². The Hall–Kier alpha value is -3.84. The van der Waals surface area contributed by atoms with Crippen molar-refractivity contribution in [2.75, 3.05) is 18.9 Å². The fraction of sp³-hybridized carbons (Fsp3) is 0.438. The smallest absolute Gasteiger partial charge is 0.417 e. The molecule has 4 rings (SSSR count). The quantitative estimate of drug-likeness (QED) is 0.112. The standard InChI is InChI=1S/C16H16N6O11S2/c17-14-18-6(5-34-14)9(20-33-16(1-2-16)13(26)27)11(24)19-10-7(22(12(10)25)35(29,30)31)3-21-8(23)4-32-15(21)28/h5,7,10H,1-4H2,(H2,17,18)(H,19,24)(H,26,27)(H,29,30,31)/t7-,10-/m0/s1. The minimum Gasteiger partial charge on any atom is -0.478 e. The third kappa shape index (κ3) is 4.47. The number of thiazole rings is 1. The first-order chi connectivity index (χ1) is 16.3. The van der Waals surface area contributed by atoms with E-state index in [4.69, 9.17) is 10.6 Å². The average Bonchev–Trinajstić information content (AvgIpc) is 3.35. The number of anilines is 1. The largest absolute Gasteiger partial charge is 0.478 e. The first-order valence-corrected chi connectivity index (χ1v) is 11.9. The predicted molar refractivity (Wildman–Crippen MR) is 111 cm³/mol. The van der Waals surface area contributed by atoms with Crippen LogP contribution in [0, 0.1) is 0 Å². The molecule has 0 radical (unpaired) electrons. The van der Waals surface area contributed by atoms with Gasteiger partial charge in [0.2, 0.25) is 5.60 Å². The lowest BCUT2D eigenvalue weighted by atomic mass is 9.97. The summed E-state index contributed by atoms with van der Waals surface area (Å²) in [5, 5.41) is 16.4. The second kappa shape index (κ2) is 8.43. The number of hydrogen-bond donors (Lipinski definition) is 4. The molecule has 0 bridgehead atoms. The maximum atomic E-state index is 13.0. The van der Waals surface area contributed by atoms with Crippen molar-refractivity contribution >= 4 is 62.3 Å². The molecule has 2 saturated heterocycles. The third-order valence-corrected chi connectivity index (χ3v) is 6.92. The summed E-state index contributed by atoms with van der Waals surface area (Å²) in [5.41, 5.74) is 3.25. The summed E-state index contributed by atoms with van der Waals surface area (Å²) < 4.78 is 37.2. The molecular formula is C16H16N6O11S2. The maximum Gasteiger partial charge on any atom is 0.417 e. The van der Waals surface area contributed by atoms with E-state index >= 15 is 0 Å². The Morgan fingerprint density at radius 3 is 2.54 bits per heavy atom.